The largest absolute Gasteiger partial charge is 0.332 e. The predicted molar refractivity (Wildman–Crippen MR) is 58.7 cm³/mol. The average Bonchev–Trinajstić information content (AvgIpc) is 2.14. The van der Waals surface area contributed by atoms with Crippen LogP contribution in [0.3, 0.4) is 0 Å². The number of rotatable bonds is 4. The number of hydrogen-bond acceptors (Lipinski definition) is 5. The Hall–Kier alpha value is -1.03. The Labute approximate surface area is 99.3 Å². The Balaban J connectivity index is 3.26. The third kappa shape index (κ3) is 3.73. The van der Waals surface area contributed by atoms with Gasteiger partial charge in [-0.05, 0) is 18.2 Å². The molecule has 1 rings (SSSR count). The fourth-order valence-corrected chi connectivity index (χ4v) is 2.80. The van der Waals surface area contributed by atoms with E-state index >= 15 is 0 Å². The molecule has 0 radical (unpaired) electrons. The summed E-state index contributed by atoms with van der Waals surface area (Å²) in [5, 5.41) is 1.17. The van der Waals surface area contributed by atoms with Gasteiger partial charge < -0.3 is 0 Å². The first-order valence-electron chi connectivity index (χ1n) is 4.37. The Bertz CT molecular complexity index is 610. The van der Waals surface area contributed by atoms with Crippen molar-refractivity contribution in [1.29, 1.82) is 0 Å². The van der Waals surface area contributed by atoms with Gasteiger partial charge in [-0.15, -0.1) is 8.72 Å². The summed E-state index contributed by atoms with van der Waals surface area (Å²) < 4.78 is 57.3. The van der Waals surface area contributed by atoms with E-state index in [4.69, 9.17) is 0 Å². The lowest BCUT2D eigenvalue weighted by Crippen LogP contribution is -2.36. The summed E-state index contributed by atoms with van der Waals surface area (Å²) in [4.78, 5) is 1.08. The van der Waals surface area contributed by atoms with E-state index in [-0.39, 0.29) is 4.90 Å². The number of halogens is 1. The van der Waals surface area contributed by atoms with Gasteiger partial charge in [-0.2, -0.15) is 8.42 Å². The van der Waals surface area contributed by atoms with Crippen molar-refractivity contribution in [3.05, 3.63) is 24.3 Å². The Kier molecular flexibility index (Phi) is 3.87. The second-order valence-corrected chi connectivity index (χ2v) is 6.41. The van der Waals surface area contributed by atoms with E-state index in [2.05, 4.69) is 4.83 Å². The molecule has 0 saturated carbocycles. The van der Waals surface area contributed by atoms with Gasteiger partial charge in [-0.1, -0.05) is 6.07 Å². The third-order valence-electron chi connectivity index (χ3n) is 1.70. The van der Waals surface area contributed by atoms with Gasteiger partial charge in [0.25, 0.3) is 10.0 Å². The average molecular weight is 282 g/mol. The molecule has 0 aromatic heterocycles. The first-order chi connectivity index (χ1) is 7.63. The fourth-order valence-electron chi connectivity index (χ4n) is 1.09. The standard InChI is InChI=1S/C8H11FN2O4S2/c1-11(2)10-17(14,15)8-5-3-4-7(6-8)16(9,12)13/h3-6,10H,1-2H3. The summed E-state index contributed by atoms with van der Waals surface area (Å²) in [6.07, 6.45) is 0. The highest BCUT2D eigenvalue weighted by atomic mass is 32.3. The molecule has 0 bridgehead atoms. The van der Waals surface area contributed by atoms with Crippen LogP contribution in [0, 0.1) is 0 Å². The minimum atomic E-state index is -4.92. The lowest BCUT2D eigenvalue weighted by Gasteiger charge is -2.12. The summed E-state index contributed by atoms with van der Waals surface area (Å²) in [7, 11) is -5.91. The fraction of sp³-hybridized carbons (Fsp3) is 0.250. The van der Waals surface area contributed by atoms with Crippen molar-refractivity contribution in [2.24, 2.45) is 0 Å². The zero-order valence-electron chi connectivity index (χ0n) is 9.08. The van der Waals surface area contributed by atoms with Crippen LogP contribution in [0.1, 0.15) is 0 Å². The molecule has 6 nitrogen and oxygen atoms in total. The maximum absolute atomic E-state index is 12.7. The molecule has 1 aromatic carbocycles. The second kappa shape index (κ2) is 4.69. The molecule has 1 aromatic rings. The molecule has 0 aliphatic rings. The number of hydrazine groups is 1. The van der Waals surface area contributed by atoms with E-state index in [1.165, 1.54) is 25.2 Å². The summed E-state index contributed by atoms with van der Waals surface area (Å²) in [6, 6.07) is 4.04. The third-order valence-corrected chi connectivity index (χ3v) is 4.00. The molecular weight excluding hydrogens is 271 g/mol. The van der Waals surface area contributed by atoms with Gasteiger partial charge in [0.2, 0.25) is 0 Å². The molecule has 0 amide bonds. The van der Waals surface area contributed by atoms with Crippen LogP contribution in [0.15, 0.2) is 34.1 Å². The number of nitrogens with one attached hydrogen (secondary N) is 1. The van der Waals surface area contributed by atoms with Crippen LogP contribution in [0.5, 0.6) is 0 Å². The number of benzene rings is 1. The topological polar surface area (TPSA) is 83.6 Å². The van der Waals surface area contributed by atoms with Crippen molar-refractivity contribution in [2.75, 3.05) is 14.1 Å². The quantitative estimate of drug-likeness (QED) is 0.625. The van der Waals surface area contributed by atoms with E-state index in [1.54, 1.807) is 0 Å². The lowest BCUT2D eigenvalue weighted by atomic mass is 10.4. The van der Waals surface area contributed by atoms with Gasteiger partial charge in [-0.25, -0.2) is 13.4 Å². The number of hydrogen-bond donors (Lipinski definition) is 1. The summed E-state index contributed by atoms with van der Waals surface area (Å²) >= 11 is 0. The number of sulfonamides is 1. The van der Waals surface area contributed by atoms with Crippen molar-refractivity contribution in [2.45, 2.75) is 9.79 Å². The summed E-state index contributed by atoms with van der Waals surface area (Å²) in [5.41, 5.74) is 0. The van der Waals surface area contributed by atoms with Gasteiger partial charge in [0.1, 0.15) is 0 Å². The second-order valence-electron chi connectivity index (χ2n) is 3.40. The van der Waals surface area contributed by atoms with Crippen LogP contribution < -0.4 is 4.83 Å². The van der Waals surface area contributed by atoms with E-state index < -0.39 is 25.1 Å². The molecule has 17 heavy (non-hydrogen) atoms. The normalized spacial score (nSPS) is 12.9. The van der Waals surface area contributed by atoms with E-state index in [9.17, 15) is 20.7 Å². The van der Waals surface area contributed by atoms with Crippen molar-refractivity contribution in [3.63, 3.8) is 0 Å². The maximum atomic E-state index is 12.7. The van der Waals surface area contributed by atoms with Crippen LogP contribution in [-0.4, -0.2) is 35.9 Å². The van der Waals surface area contributed by atoms with Crippen molar-refractivity contribution >= 4 is 20.2 Å². The Morgan fingerprint density at radius 1 is 1.12 bits per heavy atom. The zero-order chi connectivity index (χ0) is 13.3. The minimum absolute atomic E-state index is 0.329. The van der Waals surface area contributed by atoms with Gasteiger partial charge in [-0.3, -0.25) is 0 Å². The highest BCUT2D eigenvalue weighted by Gasteiger charge is 2.19. The summed E-state index contributed by atoms with van der Waals surface area (Å²) in [5.74, 6) is 0. The van der Waals surface area contributed by atoms with Crippen molar-refractivity contribution in [1.82, 2.24) is 9.84 Å². The molecular formula is C8H11FN2O4S2. The van der Waals surface area contributed by atoms with Gasteiger partial charge in [0.15, 0.2) is 0 Å². The van der Waals surface area contributed by atoms with Gasteiger partial charge in [0, 0.05) is 14.1 Å². The minimum Gasteiger partial charge on any atom is -0.237 e. The Morgan fingerprint density at radius 2 is 1.65 bits per heavy atom. The Morgan fingerprint density at radius 3 is 2.12 bits per heavy atom. The first kappa shape index (κ1) is 14.0. The molecule has 0 aliphatic heterocycles. The van der Waals surface area contributed by atoms with Gasteiger partial charge in [0.05, 0.1) is 9.79 Å². The monoisotopic (exact) mass is 282 g/mol. The van der Waals surface area contributed by atoms with Crippen LogP contribution in [0.4, 0.5) is 3.89 Å². The molecule has 0 unspecified atom stereocenters. The molecule has 1 N–H and O–H groups in total. The van der Waals surface area contributed by atoms with E-state index in [1.807, 2.05) is 0 Å². The molecule has 0 spiro atoms. The van der Waals surface area contributed by atoms with E-state index in [0.717, 1.165) is 18.2 Å². The van der Waals surface area contributed by atoms with Crippen molar-refractivity contribution in [3.8, 4) is 0 Å². The maximum Gasteiger partial charge on any atom is 0.332 e. The molecule has 0 atom stereocenters. The predicted octanol–water partition coefficient (Wildman–Crippen LogP) is 0.0997. The molecule has 0 heterocycles. The van der Waals surface area contributed by atoms with E-state index in [0.29, 0.717) is 0 Å². The highest BCUT2D eigenvalue weighted by molar-refractivity contribution is 7.89. The van der Waals surface area contributed by atoms with Crippen molar-refractivity contribution < 1.29 is 20.7 Å². The summed E-state index contributed by atoms with van der Waals surface area (Å²) in [6.45, 7) is 0. The van der Waals surface area contributed by atoms with Crippen LogP contribution in [-0.2, 0) is 20.2 Å². The number of nitrogens with zero attached hydrogens (tertiary/aromatic N) is 1. The molecule has 0 saturated heterocycles. The molecule has 9 heteroatoms. The van der Waals surface area contributed by atoms with Crippen LogP contribution in [0.2, 0.25) is 0 Å². The molecule has 96 valence electrons. The zero-order valence-corrected chi connectivity index (χ0v) is 10.7. The molecule has 0 fully saturated rings. The lowest BCUT2D eigenvalue weighted by molar-refractivity contribution is 0.364. The van der Waals surface area contributed by atoms with Gasteiger partial charge >= 0.3 is 10.2 Å². The van der Waals surface area contributed by atoms with Crippen LogP contribution >= 0.6 is 0 Å². The molecule has 0 aliphatic carbocycles. The first-order valence-corrected chi connectivity index (χ1v) is 7.24. The smallest absolute Gasteiger partial charge is 0.237 e. The van der Waals surface area contributed by atoms with Crippen LogP contribution in [0.25, 0.3) is 0 Å². The SMILES string of the molecule is CN(C)NS(=O)(=O)c1cccc(S(=O)(=O)F)c1. The highest BCUT2D eigenvalue weighted by Crippen LogP contribution is 2.17.